The monoisotopic (exact) mass is 228 g/mol. The van der Waals surface area contributed by atoms with Gasteiger partial charge < -0.3 is 0 Å². The van der Waals surface area contributed by atoms with E-state index < -0.39 is 0 Å². The van der Waals surface area contributed by atoms with Gasteiger partial charge in [-0.15, -0.1) is 0 Å². The first-order valence-corrected chi connectivity index (χ1v) is 9.31. The summed E-state index contributed by atoms with van der Waals surface area (Å²) in [6.07, 6.45) is 11.7. The molecule has 0 aliphatic heterocycles. The van der Waals surface area contributed by atoms with E-state index in [1.807, 2.05) is 0 Å². The highest BCUT2D eigenvalue weighted by molar-refractivity contribution is 6.35. The van der Waals surface area contributed by atoms with Crippen LogP contribution >= 0.6 is 0 Å². The topological polar surface area (TPSA) is 0 Å². The lowest BCUT2D eigenvalue weighted by Gasteiger charge is -2.06. The van der Waals surface area contributed by atoms with Gasteiger partial charge in [-0.3, -0.25) is 0 Å². The van der Waals surface area contributed by atoms with Crippen molar-refractivity contribution >= 4 is 9.52 Å². The highest BCUT2D eigenvalue weighted by atomic mass is 28.2. The van der Waals surface area contributed by atoms with Gasteiger partial charge in [-0.2, -0.15) is 0 Å². The van der Waals surface area contributed by atoms with E-state index in [1.54, 1.807) is 12.1 Å². The van der Waals surface area contributed by atoms with Crippen molar-refractivity contribution in [2.75, 3.05) is 0 Å². The largest absolute Gasteiger partial charge is 0.0654 e. The maximum atomic E-state index is 2.41. The Hall–Kier alpha value is 0.217. The van der Waals surface area contributed by atoms with Crippen molar-refractivity contribution in [1.29, 1.82) is 0 Å². The molecule has 0 aromatic heterocycles. The fourth-order valence-corrected chi connectivity index (χ4v) is 4.11. The van der Waals surface area contributed by atoms with Crippen molar-refractivity contribution in [3.63, 3.8) is 0 Å². The molecule has 0 aromatic rings. The zero-order valence-electron chi connectivity index (χ0n) is 11.4. The first kappa shape index (κ1) is 15.2. The molecular weight excluding hydrogens is 196 g/mol. The molecule has 0 N–H and O–H groups in total. The van der Waals surface area contributed by atoms with Gasteiger partial charge in [0.15, 0.2) is 0 Å². The van der Waals surface area contributed by atoms with Gasteiger partial charge in [0.25, 0.3) is 0 Å². The summed E-state index contributed by atoms with van der Waals surface area (Å²) in [4.78, 5) is 0. The SMILES string of the molecule is CCCCCCCCC[SiH2]CC(C)CC. The lowest BCUT2D eigenvalue weighted by Crippen LogP contribution is -1.98. The van der Waals surface area contributed by atoms with Crippen LogP contribution in [-0.4, -0.2) is 9.52 Å². The van der Waals surface area contributed by atoms with Crippen molar-refractivity contribution < 1.29 is 0 Å². The van der Waals surface area contributed by atoms with Crippen molar-refractivity contribution in [2.45, 2.75) is 84.2 Å². The third-order valence-corrected chi connectivity index (χ3v) is 5.89. The predicted octanol–water partition coefficient (Wildman–Crippen LogP) is 4.79. The molecule has 1 heteroatoms. The van der Waals surface area contributed by atoms with Crippen molar-refractivity contribution in [3.05, 3.63) is 0 Å². The third-order valence-electron chi connectivity index (χ3n) is 3.50. The van der Waals surface area contributed by atoms with Crippen LogP contribution in [0.3, 0.4) is 0 Å². The molecule has 0 saturated heterocycles. The summed E-state index contributed by atoms with van der Waals surface area (Å²) in [5.41, 5.74) is 0. The third kappa shape index (κ3) is 12.1. The van der Waals surface area contributed by atoms with Crippen LogP contribution < -0.4 is 0 Å². The minimum absolute atomic E-state index is 0.309. The van der Waals surface area contributed by atoms with Gasteiger partial charge in [0.2, 0.25) is 0 Å². The molecule has 0 fully saturated rings. The standard InChI is InChI=1S/C14H32Si/c1-4-6-7-8-9-10-11-12-15-13-14(3)5-2/h14H,4-13,15H2,1-3H3. The second-order valence-corrected chi connectivity index (χ2v) is 7.12. The Morgan fingerprint density at radius 3 is 2.07 bits per heavy atom. The molecule has 92 valence electrons. The summed E-state index contributed by atoms with van der Waals surface area (Å²) in [5, 5.41) is 0. The molecule has 0 radical (unpaired) electrons. The molecule has 0 bridgehead atoms. The molecule has 0 heterocycles. The lowest BCUT2D eigenvalue weighted by atomic mass is 10.1. The van der Waals surface area contributed by atoms with Crippen molar-refractivity contribution in [2.24, 2.45) is 5.92 Å². The molecule has 0 saturated carbocycles. The summed E-state index contributed by atoms with van der Waals surface area (Å²) in [7, 11) is 0.309. The number of rotatable bonds is 11. The van der Waals surface area contributed by atoms with Crippen LogP contribution in [0.15, 0.2) is 0 Å². The van der Waals surface area contributed by atoms with E-state index in [1.165, 1.54) is 51.4 Å². The molecule has 15 heavy (non-hydrogen) atoms. The molecule has 0 aliphatic carbocycles. The molecule has 1 unspecified atom stereocenters. The van der Waals surface area contributed by atoms with Crippen LogP contribution in [0, 0.1) is 5.92 Å². The summed E-state index contributed by atoms with van der Waals surface area (Å²) >= 11 is 0. The maximum absolute atomic E-state index is 2.41. The zero-order valence-corrected chi connectivity index (χ0v) is 12.8. The minimum Gasteiger partial charge on any atom is -0.0654 e. The van der Waals surface area contributed by atoms with E-state index in [0.717, 1.165) is 5.92 Å². The second-order valence-electron chi connectivity index (χ2n) is 5.13. The predicted molar refractivity (Wildman–Crippen MR) is 75.6 cm³/mol. The van der Waals surface area contributed by atoms with Gasteiger partial charge in [0.05, 0.1) is 0 Å². The Morgan fingerprint density at radius 2 is 1.47 bits per heavy atom. The first-order chi connectivity index (χ1) is 7.31. The summed E-state index contributed by atoms with van der Waals surface area (Å²) in [5.74, 6) is 1.02. The molecular formula is C14H32Si. The molecule has 0 nitrogen and oxygen atoms in total. The van der Waals surface area contributed by atoms with Crippen LogP contribution in [0.2, 0.25) is 12.1 Å². The maximum Gasteiger partial charge on any atom is 0.0200 e. The van der Waals surface area contributed by atoms with Crippen LogP contribution in [0.4, 0.5) is 0 Å². The van der Waals surface area contributed by atoms with Crippen LogP contribution in [0.1, 0.15) is 72.1 Å². The van der Waals surface area contributed by atoms with Crippen molar-refractivity contribution in [3.8, 4) is 0 Å². The Balaban J connectivity index is 2.92. The van der Waals surface area contributed by atoms with Gasteiger partial charge in [-0.1, -0.05) is 84.2 Å². The van der Waals surface area contributed by atoms with E-state index in [0.29, 0.717) is 9.52 Å². The zero-order chi connectivity index (χ0) is 11.4. The van der Waals surface area contributed by atoms with E-state index in [4.69, 9.17) is 0 Å². The summed E-state index contributed by atoms with van der Waals surface area (Å²) in [6, 6.07) is 3.20. The highest BCUT2D eigenvalue weighted by Gasteiger charge is 1.98. The second kappa shape index (κ2) is 12.3. The lowest BCUT2D eigenvalue weighted by molar-refractivity contribution is 0.598. The average Bonchev–Trinajstić information content (AvgIpc) is 2.26. The quantitative estimate of drug-likeness (QED) is 0.352. The Bertz CT molecular complexity index is 112. The fourth-order valence-electron chi connectivity index (χ4n) is 2.01. The Labute approximate surface area is 100 Å². The first-order valence-electron chi connectivity index (χ1n) is 7.31. The van der Waals surface area contributed by atoms with E-state index in [9.17, 15) is 0 Å². The minimum atomic E-state index is 0.309. The van der Waals surface area contributed by atoms with E-state index in [-0.39, 0.29) is 0 Å². The molecule has 0 rings (SSSR count). The van der Waals surface area contributed by atoms with Crippen LogP contribution in [0.5, 0.6) is 0 Å². The van der Waals surface area contributed by atoms with Crippen LogP contribution in [0.25, 0.3) is 0 Å². The van der Waals surface area contributed by atoms with Gasteiger partial charge in [0.1, 0.15) is 0 Å². The number of unbranched alkanes of at least 4 members (excludes halogenated alkanes) is 6. The molecule has 0 amide bonds. The smallest absolute Gasteiger partial charge is 0.0200 e. The Kier molecular flexibility index (Phi) is 12.5. The fraction of sp³-hybridized carbons (Fsp3) is 1.00. The van der Waals surface area contributed by atoms with Gasteiger partial charge in [0, 0.05) is 9.52 Å². The highest BCUT2D eigenvalue weighted by Crippen LogP contribution is 2.11. The van der Waals surface area contributed by atoms with E-state index >= 15 is 0 Å². The molecule has 0 spiro atoms. The van der Waals surface area contributed by atoms with Crippen LogP contribution in [-0.2, 0) is 0 Å². The van der Waals surface area contributed by atoms with E-state index in [2.05, 4.69) is 20.8 Å². The van der Waals surface area contributed by atoms with Gasteiger partial charge in [-0.05, 0) is 5.92 Å². The molecule has 0 aliphatic rings. The van der Waals surface area contributed by atoms with Crippen molar-refractivity contribution in [1.82, 2.24) is 0 Å². The van der Waals surface area contributed by atoms with Gasteiger partial charge >= 0.3 is 0 Å². The normalized spacial score (nSPS) is 13.8. The summed E-state index contributed by atoms with van der Waals surface area (Å²) < 4.78 is 0. The Morgan fingerprint density at radius 1 is 0.867 bits per heavy atom. The molecule has 1 atom stereocenters. The number of hydrogen-bond acceptors (Lipinski definition) is 0. The summed E-state index contributed by atoms with van der Waals surface area (Å²) in [6.45, 7) is 7.03. The van der Waals surface area contributed by atoms with Gasteiger partial charge in [-0.25, -0.2) is 0 Å². The number of hydrogen-bond donors (Lipinski definition) is 0. The molecule has 0 aromatic carbocycles. The average molecular weight is 228 g/mol.